The number of benzene rings is 2. The Morgan fingerprint density at radius 1 is 1.12 bits per heavy atom. The molecule has 0 aliphatic carbocycles. The van der Waals surface area contributed by atoms with Gasteiger partial charge in [0.05, 0.1) is 24.3 Å². The van der Waals surface area contributed by atoms with Gasteiger partial charge in [0.1, 0.15) is 18.0 Å². The third-order valence-electron chi connectivity index (χ3n) is 4.76. The van der Waals surface area contributed by atoms with Crippen LogP contribution in [0.2, 0.25) is 5.02 Å². The molecule has 1 heterocycles. The summed E-state index contributed by atoms with van der Waals surface area (Å²) in [4.78, 5) is 18.9. The summed E-state index contributed by atoms with van der Waals surface area (Å²) in [5.74, 6) is 1.13. The number of anilines is 2. The summed E-state index contributed by atoms with van der Waals surface area (Å²) in [6.45, 7) is 4.79. The van der Waals surface area contributed by atoms with Crippen LogP contribution < -0.4 is 14.8 Å². The van der Waals surface area contributed by atoms with Crippen LogP contribution in [0.5, 0.6) is 11.5 Å². The van der Waals surface area contributed by atoms with Crippen LogP contribution in [0.3, 0.4) is 0 Å². The lowest BCUT2D eigenvalue weighted by molar-refractivity contribution is -0.149. The van der Waals surface area contributed by atoms with Crippen LogP contribution in [0.4, 0.5) is 15.9 Å². The van der Waals surface area contributed by atoms with Crippen molar-refractivity contribution in [3.8, 4) is 11.5 Å². The number of amides is 1. The number of nitrogens with zero attached hydrogens (tertiary/aromatic N) is 3. The van der Waals surface area contributed by atoms with Gasteiger partial charge in [-0.2, -0.15) is 0 Å². The number of hydroxylamine groups is 2. The Morgan fingerprint density at radius 3 is 2.59 bits per heavy atom. The first kappa shape index (κ1) is 27.1. The molecule has 0 spiro atoms. The molecule has 0 aliphatic rings. The van der Waals surface area contributed by atoms with Gasteiger partial charge in [-0.1, -0.05) is 31.9 Å². The molecular formula is C24H30ClFN4O4. The topological polar surface area (TPSA) is 96.8 Å². The van der Waals surface area contributed by atoms with Gasteiger partial charge >= 0.3 is 0 Å². The molecule has 0 radical (unpaired) electrons. The molecule has 2 N–H and O–H groups in total. The molecule has 34 heavy (non-hydrogen) atoms. The standard InChI is InChI=1S/C22H24ClFN4O4.C2H6/c1-31-20-12-19-16(11-21(20)32-9-5-3-2-4-8-28(30)14-29)22(26-13-25-19)27-15-6-7-18(24)17(23)10-15;1-2/h6-7,10-14,30H,2-5,8-9H2,1H3,(H,25,26,27);1-2H3. The largest absolute Gasteiger partial charge is 0.493 e. The summed E-state index contributed by atoms with van der Waals surface area (Å²) >= 11 is 5.87. The summed E-state index contributed by atoms with van der Waals surface area (Å²) < 4.78 is 24.8. The van der Waals surface area contributed by atoms with E-state index in [2.05, 4.69) is 15.3 Å². The lowest BCUT2D eigenvalue weighted by atomic mass is 10.2. The minimum atomic E-state index is -0.498. The van der Waals surface area contributed by atoms with Crippen molar-refractivity contribution < 1.29 is 23.9 Å². The number of halogens is 2. The van der Waals surface area contributed by atoms with E-state index in [1.165, 1.54) is 18.5 Å². The number of ether oxygens (including phenoxy) is 2. The summed E-state index contributed by atoms with van der Waals surface area (Å²) in [7, 11) is 1.56. The molecule has 0 fully saturated rings. The van der Waals surface area contributed by atoms with Crippen LogP contribution in [0.25, 0.3) is 10.9 Å². The Balaban J connectivity index is 0.00000199. The fourth-order valence-electron chi connectivity index (χ4n) is 3.11. The Morgan fingerprint density at radius 2 is 1.88 bits per heavy atom. The van der Waals surface area contributed by atoms with Crippen molar-refractivity contribution >= 4 is 40.4 Å². The molecule has 1 aromatic heterocycles. The first-order valence-corrected chi connectivity index (χ1v) is 11.5. The van der Waals surface area contributed by atoms with E-state index in [9.17, 15) is 9.18 Å². The van der Waals surface area contributed by atoms with Gasteiger partial charge < -0.3 is 14.8 Å². The van der Waals surface area contributed by atoms with Gasteiger partial charge in [0.2, 0.25) is 6.41 Å². The third-order valence-corrected chi connectivity index (χ3v) is 5.05. The van der Waals surface area contributed by atoms with Crippen molar-refractivity contribution in [1.82, 2.24) is 15.0 Å². The zero-order valence-electron chi connectivity index (χ0n) is 19.6. The highest BCUT2D eigenvalue weighted by Gasteiger charge is 2.12. The number of rotatable bonds is 12. The smallest absolute Gasteiger partial charge is 0.233 e. The van der Waals surface area contributed by atoms with Gasteiger partial charge in [-0.3, -0.25) is 10.0 Å². The molecule has 0 saturated heterocycles. The fraction of sp³-hybridized carbons (Fsp3) is 0.375. The van der Waals surface area contributed by atoms with Crippen molar-refractivity contribution in [2.24, 2.45) is 0 Å². The van der Waals surface area contributed by atoms with E-state index in [1.807, 2.05) is 13.8 Å². The van der Waals surface area contributed by atoms with Gasteiger partial charge in [-0.05, 0) is 43.5 Å². The summed E-state index contributed by atoms with van der Waals surface area (Å²) in [6, 6.07) is 7.90. The molecule has 3 rings (SSSR count). The number of aromatic nitrogens is 2. The van der Waals surface area contributed by atoms with E-state index < -0.39 is 5.82 Å². The van der Waals surface area contributed by atoms with Crippen LogP contribution in [-0.2, 0) is 4.79 Å². The van der Waals surface area contributed by atoms with E-state index in [4.69, 9.17) is 26.3 Å². The van der Waals surface area contributed by atoms with Gasteiger partial charge in [-0.25, -0.2) is 19.4 Å². The normalized spacial score (nSPS) is 10.3. The van der Waals surface area contributed by atoms with E-state index in [0.29, 0.717) is 65.0 Å². The minimum Gasteiger partial charge on any atom is -0.493 e. The van der Waals surface area contributed by atoms with Crippen molar-refractivity contribution in [3.05, 3.63) is 47.5 Å². The maximum Gasteiger partial charge on any atom is 0.233 e. The molecule has 10 heteroatoms. The molecule has 1 amide bonds. The average Bonchev–Trinajstić information content (AvgIpc) is 2.86. The summed E-state index contributed by atoms with van der Waals surface area (Å²) in [5, 5.41) is 13.6. The molecule has 0 bridgehead atoms. The maximum atomic E-state index is 13.5. The van der Waals surface area contributed by atoms with Crippen molar-refractivity contribution in [2.75, 3.05) is 25.6 Å². The number of fused-ring (bicyclic) bond motifs is 1. The number of methoxy groups -OCH3 is 1. The first-order valence-electron chi connectivity index (χ1n) is 11.1. The highest BCUT2D eigenvalue weighted by atomic mass is 35.5. The number of carbonyl (C=O) groups is 1. The highest BCUT2D eigenvalue weighted by Crippen LogP contribution is 2.35. The SMILES string of the molecule is CC.COc1cc2ncnc(Nc3ccc(F)c(Cl)c3)c2cc1OCCCCCCN(O)C=O. The first-order chi connectivity index (χ1) is 16.5. The Labute approximate surface area is 203 Å². The molecule has 2 aromatic carbocycles. The fourth-order valence-corrected chi connectivity index (χ4v) is 3.29. The summed E-state index contributed by atoms with van der Waals surface area (Å²) in [6.07, 6.45) is 5.10. The molecular weight excluding hydrogens is 463 g/mol. The summed E-state index contributed by atoms with van der Waals surface area (Å²) in [5.41, 5.74) is 1.24. The van der Waals surface area contributed by atoms with Gasteiger partial charge in [0.25, 0.3) is 0 Å². The Hall–Kier alpha value is -3.17. The zero-order chi connectivity index (χ0) is 24.9. The van der Waals surface area contributed by atoms with E-state index in [0.717, 1.165) is 19.3 Å². The lowest BCUT2D eigenvalue weighted by Crippen LogP contribution is -2.17. The quantitative estimate of drug-likeness (QED) is 0.139. The zero-order valence-corrected chi connectivity index (χ0v) is 20.3. The third kappa shape index (κ3) is 7.71. The molecule has 0 saturated carbocycles. The monoisotopic (exact) mass is 492 g/mol. The van der Waals surface area contributed by atoms with Crippen LogP contribution in [0.1, 0.15) is 39.5 Å². The predicted octanol–water partition coefficient (Wildman–Crippen LogP) is 5.99. The molecule has 0 aliphatic heterocycles. The van der Waals surface area contributed by atoms with Crippen molar-refractivity contribution in [1.29, 1.82) is 0 Å². The predicted molar refractivity (Wildman–Crippen MR) is 131 cm³/mol. The van der Waals surface area contributed by atoms with Gasteiger partial charge in [0.15, 0.2) is 11.5 Å². The van der Waals surface area contributed by atoms with Gasteiger partial charge in [0, 0.05) is 23.7 Å². The molecule has 0 unspecified atom stereocenters. The second-order valence-electron chi connectivity index (χ2n) is 7.03. The lowest BCUT2D eigenvalue weighted by Gasteiger charge is -2.14. The number of nitrogens with one attached hydrogen (secondary N) is 1. The number of hydrogen-bond donors (Lipinski definition) is 2. The van der Waals surface area contributed by atoms with E-state index in [1.54, 1.807) is 25.3 Å². The molecule has 8 nitrogen and oxygen atoms in total. The van der Waals surface area contributed by atoms with Crippen molar-refractivity contribution in [3.63, 3.8) is 0 Å². The number of carbonyl (C=O) groups excluding carboxylic acids is 1. The minimum absolute atomic E-state index is 0.0110. The van der Waals surface area contributed by atoms with Crippen LogP contribution in [0.15, 0.2) is 36.7 Å². The van der Waals surface area contributed by atoms with Crippen molar-refractivity contribution in [2.45, 2.75) is 39.5 Å². The maximum absolute atomic E-state index is 13.5. The average molecular weight is 493 g/mol. The second kappa shape index (κ2) is 14.2. The number of hydrogen-bond acceptors (Lipinski definition) is 7. The number of unbranched alkanes of at least 4 members (excludes halogenated alkanes) is 3. The van der Waals surface area contributed by atoms with Crippen LogP contribution >= 0.6 is 11.6 Å². The van der Waals surface area contributed by atoms with E-state index in [-0.39, 0.29) is 5.02 Å². The highest BCUT2D eigenvalue weighted by molar-refractivity contribution is 6.31. The Bertz CT molecular complexity index is 1070. The molecule has 3 aromatic rings. The van der Waals surface area contributed by atoms with E-state index >= 15 is 0 Å². The van der Waals surface area contributed by atoms with Crippen LogP contribution in [-0.4, -0.2) is 46.9 Å². The van der Waals surface area contributed by atoms with Gasteiger partial charge in [-0.15, -0.1) is 0 Å². The molecule has 184 valence electrons. The second-order valence-corrected chi connectivity index (χ2v) is 7.43. The molecule has 0 atom stereocenters. The Kier molecular flexibility index (Phi) is 11.3. The van der Waals surface area contributed by atoms with Crippen LogP contribution in [0, 0.1) is 5.82 Å².